The van der Waals surface area contributed by atoms with Crippen molar-refractivity contribution in [1.29, 1.82) is 0 Å². The number of benzene rings is 1. The summed E-state index contributed by atoms with van der Waals surface area (Å²) in [6.45, 7) is 4.05. The zero-order valence-electron chi connectivity index (χ0n) is 20.0. The first-order chi connectivity index (χ1) is 16.8. The van der Waals surface area contributed by atoms with Crippen molar-refractivity contribution in [1.82, 2.24) is 20.4 Å². The van der Waals surface area contributed by atoms with E-state index in [0.717, 1.165) is 62.4 Å². The Morgan fingerprint density at radius 1 is 1.00 bits per heavy atom. The first-order valence-electron chi connectivity index (χ1n) is 12.3. The molecular weight excluding hydrogens is 450 g/mol. The molecule has 0 bridgehead atoms. The molecular formula is C25H31N5O5. The smallest absolute Gasteiger partial charge is 0.262 e. The third-order valence-corrected chi connectivity index (χ3v) is 8.18. The van der Waals surface area contributed by atoms with E-state index in [-0.39, 0.29) is 24.7 Å². The lowest BCUT2D eigenvalue weighted by atomic mass is 9.71. The number of carbonyl (C=O) groups is 5. The summed E-state index contributed by atoms with van der Waals surface area (Å²) in [6.07, 6.45) is 4.51. The van der Waals surface area contributed by atoms with E-state index in [1.54, 1.807) is 19.2 Å². The first-order valence-corrected chi connectivity index (χ1v) is 12.3. The third kappa shape index (κ3) is 4.31. The van der Waals surface area contributed by atoms with E-state index >= 15 is 0 Å². The number of nitrogens with zero attached hydrogens (tertiary/aromatic N) is 3. The molecule has 2 N–H and O–H groups in total. The monoisotopic (exact) mass is 481 g/mol. The molecule has 1 aromatic carbocycles. The fraction of sp³-hybridized carbons (Fsp3) is 0.560. The zero-order valence-corrected chi connectivity index (χ0v) is 20.0. The number of hydrogen-bond donors (Lipinski definition) is 2. The summed E-state index contributed by atoms with van der Waals surface area (Å²) in [6, 6.07) is 4.37. The fourth-order valence-corrected chi connectivity index (χ4v) is 5.86. The number of piperidine rings is 3. The van der Waals surface area contributed by atoms with E-state index < -0.39 is 23.8 Å². The molecule has 4 heterocycles. The van der Waals surface area contributed by atoms with Crippen LogP contribution >= 0.6 is 0 Å². The van der Waals surface area contributed by atoms with Gasteiger partial charge in [0.05, 0.1) is 17.7 Å². The lowest BCUT2D eigenvalue weighted by Gasteiger charge is -2.47. The van der Waals surface area contributed by atoms with Crippen LogP contribution in [0.2, 0.25) is 0 Å². The minimum absolute atomic E-state index is 0.0524. The van der Waals surface area contributed by atoms with Gasteiger partial charge in [0.15, 0.2) is 0 Å². The van der Waals surface area contributed by atoms with Crippen LogP contribution in [0.25, 0.3) is 0 Å². The minimum Gasteiger partial charge on any atom is -0.371 e. The van der Waals surface area contributed by atoms with Crippen LogP contribution in [0.4, 0.5) is 5.69 Å². The molecule has 3 saturated heterocycles. The van der Waals surface area contributed by atoms with Crippen molar-refractivity contribution >= 4 is 35.2 Å². The molecule has 1 unspecified atom stereocenters. The van der Waals surface area contributed by atoms with Crippen LogP contribution < -0.4 is 15.5 Å². The third-order valence-electron chi connectivity index (χ3n) is 8.18. The van der Waals surface area contributed by atoms with Gasteiger partial charge < -0.3 is 10.2 Å². The van der Waals surface area contributed by atoms with Crippen LogP contribution in [0, 0.1) is 5.41 Å². The standard InChI is InChI=1S/C25H31N5O5/c1-26-21(32)15-28-10-6-25(7-11-28)8-12-29(13-9-25)16-2-3-17-18(14-16)24(35)30(23(17)34)19-4-5-20(31)27-22(19)33/h2-3,14,19H,4-13,15H2,1H3,(H,26,32)(H,27,31,33). The second-order valence-corrected chi connectivity index (χ2v) is 10.1. The topological polar surface area (TPSA) is 119 Å². The van der Waals surface area contributed by atoms with Gasteiger partial charge in [-0.1, -0.05) is 0 Å². The average Bonchev–Trinajstić information content (AvgIpc) is 3.10. The number of likely N-dealkylation sites (tertiary alicyclic amines) is 1. The van der Waals surface area contributed by atoms with Crippen LogP contribution in [-0.4, -0.2) is 85.1 Å². The van der Waals surface area contributed by atoms with Crippen molar-refractivity contribution in [3.8, 4) is 0 Å². The van der Waals surface area contributed by atoms with E-state index in [1.807, 2.05) is 6.07 Å². The molecule has 3 fully saturated rings. The molecule has 5 rings (SSSR count). The second kappa shape index (κ2) is 9.07. The van der Waals surface area contributed by atoms with Crippen LogP contribution in [0.3, 0.4) is 0 Å². The van der Waals surface area contributed by atoms with Gasteiger partial charge in [-0.15, -0.1) is 0 Å². The molecule has 5 amide bonds. The SMILES string of the molecule is CNC(=O)CN1CCC2(CC1)CCN(c1ccc3c(c1)C(=O)N(C1CCC(=O)NC1=O)C3=O)CC2. The molecule has 1 atom stereocenters. The number of amides is 5. The minimum atomic E-state index is -0.951. The normalized spacial score (nSPS) is 24.5. The van der Waals surface area contributed by atoms with Gasteiger partial charge in [-0.05, 0) is 68.8 Å². The van der Waals surface area contributed by atoms with Gasteiger partial charge in [-0.2, -0.15) is 0 Å². The Morgan fingerprint density at radius 3 is 2.31 bits per heavy atom. The molecule has 0 aliphatic carbocycles. The molecule has 0 radical (unpaired) electrons. The van der Waals surface area contributed by atoms with E-state index in [1.165, 1.54) is 0 Å². The predicted molar refractivity (Wildman–Crippen MR) is 127 cm³/mol. The van der Waals surface area contributed by atoms with Gasteiger partial charge >= 0.3 is 0 Å². The lowest BCUT2D eigenvalue weighted by Crippen LogP contribution is -2.54. The molecule has 10 nitrogen and oxygen atoms in total. The van der Waals surface area contributed by atoms with E-state index in [4.69, 9.17) is 0 Å². The van der Waals surface area contributed by atoms with Gasteiger partial charge in [-0.3, -0.25) is 39.1 Å². The predicted octanol–water partition coefficient (Wildman–Crippen LogP) is 0.516. The lowest BCUT2D eigenvalue weighted by molar-refractivity contribution is -0.136. The van der Waals surface area contributed by atoms with Crippen LogP contribution in [0.1, 0.15) is 59.2 Å². The maximum Gasteiger partial charge on any atom is 0.262 e. The Kier molecular flexibility index (Phi) is 6.08. The highest BCUT2D eigenvalue weighted by Gasteiger charge is 2.45. The number of nitrogens with one attached hydrogen (secondary N) is 2. The number of fused-ring (bicyclic) bond motifs is 1. The zero-order chi connectivity index (χ0) is 24.7. The van der Waals surface area contributed by atoms with Gasteiger partial charge in [-0.25, -0.2) is 0 Å². The number of anilines is 1. The highest BCUT2D eigenvalue weighted by atomic mass is 16.2. The Hall–Kier alpha value is -3.27. The first kappa shape index (κ1) is 23.5. The van der Waals surface area contributed by atoms with Crippen molar-refractivity contribution < 1.29 is 24.0 Å². The van der Waals surface area contributed by atoms with Gasteiger partial charge in [0.25, 0.3) is 11.8 Å². The van der Waals surface area contributed by atoms with Crippen molar-refractivity contribution in [3.05, 3.63) is 29.3 Å². The Morgan fingerprint density at radius 2 is 1.66 bits per heavy atom. The van der Waals surface area contributed by atoms with Crippen molar-refractivity contribution in [2.75, 3.05) is 44.7 Å². The fourth-order valence-electron chi connectivity index (χ4n) is 5.86. The number of likely N-dealkylation sites (N-methyl/N-ethyl adjacent to an activating group) is 1. The Labute approximate surface area is 204 Å². The molecule has 1 aromatic rings. The summed E-state index contributed by atoms with van der Waals surface area (Å²) < 4.78 is 0. The quantitative estimate of drug-likeness (QED) is 0.602. The van der Waals surface area contributed by atoms with E-state index in [9.17, 15) is 24.0 Å². The summed E-state index contributed by atoms with van der Waals surface area (Å²) >= 11 is 0. The van der Waals surface area contributed by atoms with Crippen LogP contribution in [0.15, 0.2) is 18.2 Å². The largest absolute Gasteiger partial charge is 0.371 e. The summed E-state index contributed by atoms with van der Waals surface area (Å²) in [5.74, 6) is -1.88. The summed E-state index contributed by atoms with van der Waals surface area (Å²) in [4.78, 5) is 67.0. The second-order valence-electron chi connectivity index (χ2n) is 10.1. The number of imide groups is 2. The number of carbonyl (C=O) groups excluding carboxylic acids is 5. The molecule has 4 aliphatic heterocycles. The summed E-state index contributed by atoms with van der Waals surface area (Å²) in [5.41, 5.74) is 1.82. The van der Waals surface area contributed by atoms with E-state index in [2.05, 4.69) is 20.4 Å². The van der Waals surface area contributed by atoms with Crippen LogP contribution in [0.5, 0.6) is 0 Å². The number of rotatable bonds is 4. The van der Waals surface area contributed by atoms with Gasteiger partial charge in [0, 0.05) is 32.2 Å². The molecule has 35 heavy (non-hydrogen) atoms. The molecule has 1 spiro atoms. The van der Waals surface area contributed by atoms with Crippen molar-refractivity contribution in [2.24, 2.45) is 5.41 Å². The van der Waals surface area contributed by atoms with Crippen molar-refractivity contribution in [3.63, 3.8) is 0 Å². The highest BCUT2D eigenvalue weighted by Crippen LogP contribution is 2.42. The molecule has 0 saturated carbocycles. The van der Waals surface area contributed by atoms with Gasteiger partial charge in [0.1, 0.15) is 6.04 Å². The molecule has 186 valence electrons. The van der Waals surface area contributed by atoms with Gasteiger partial charge in [0.2, 0.25) is 17.7 Å². The maximum absolute atomic E-state index is 13.1. The maximum atomic E-state index is 13.1. The molecule has 10 heteroatoms. The highest BCUT2D eigenvalue weighted by molar-refractivity contribution is 6.23. The van der Waals surface area contributed by atoms with E-state index in [0.29, 0.717) is 23.1 Å². The molecule has 4 aliphatic rings. The van der Waals surface area contributed by atoms with Crippen molar-refractivity contribution in [2.45, 2.75) is 44.6 Å². The number of hydrogen-bond acceptors (Lipinski definition) is 7. The summed E-state index contributed by atoms with van der Waals surface area (Å²) in [7, 11) is 1.67. The Balaban J connectivity index is 1.23. The summed E-state index contributed by atoms with van der Waals surface area (Å²) in [5, 5.41) is 4.91. The average molecular weight is 482 g/mol. The van der Waals surface area contributed by atoms with Crippen LogP contribution in [-0.2, 0) is 14.4 Å². The molecule has 0 aromatic heterocycles. The Bertz CT molecular complexity index is 1080.